The van der Waals surface area contributed by atoms with E-state index in [1.165, 1.54) is 11.1 Å². The van der Waals surface area contributed by atoms with E-state index < -0.39 is 14.3 Å². The topological polar surface area (TPSA) is 0 Å². The van der Waals surface area contributed by atoms with Gasteiger partial charge in [-0.15, -0.1) is 0 Å². The molecule has 1 radical (unpaired) electrons. The molecule has 0 aliphatic heterocycles. The van der Waals surface area contributed by atoms with Crippen molar-refractivity contribution in [2.24, 2.45) is 0 Å². The van der Waals surface area contributed by atoms with Crippen molar-refractivity contribution in [1.29, 1.82) is 0 Å². The van der Waals surface area contributed by atoms with Crippen molar-refractivity contribution in [3.05, 3.63) is 22.8 Å². The molecular formula is C11H19Ge. The van der Waals surface area contributed by atoms with E-state index >= 15 is 0 Å². The van der Waals surface area contributed by atoms with Gasteiger partial charge in [0.05, 0.1) is 0 Å². The van der Waals surface area contributed by atoms with E-state index in [-0.39, 0.29) is 0 Å². The Morgan fingerprint density at radius 2 is 1.67 bits per heavy atom. The van der Waals surface area contributed by atoms with Gasteiger partial charge >= 0.3 is 80.6 Å². The molecule has 0 nitrogen and oxygen atoms in total. The first-order valence-corrected chi connectivity index (χ1v) is 10.8. The molecule has 12 heavy (non-hydrogen) atoms. The van der Waals surface area contributed by atoms with Gasteiger partial charge in [-0.05, 0) is 0 Å². The summed E-state index contributed by atoms with van der Waals surface area (Å²) in [5.74, 6) is 4.91. The first-order chi connectivity index (χ1) is 5.39. The second kappa shape index (κ2) is 3.06. The summed E-state index contributed by atoms with van der Waals surface area (Å²) in [6.45, 7) is 9.07. The van der Waals surface area contributed by atoms with Crippen LogP contribution >= 0.6 is 0 Å². The van der Waals surface area contributed by atoms with Crippen molar-refractivity contribution >= 4 is 14.3 Å². The van der Waals surface area contributed by atoms with Gasteiger partial charge in [0.1, 0.15) is 0 Å². The van der Waals surface area contributed by atoms with Gasteiger partial charge in [0.2, 0.25) is 0 Å². The summed E-state index contributed by atoms with van der Waals surface area (Å²) in [6.07, 6.45) is 3.66. The van der Waals surface area contributed by atoms with Crippen molar-refractivity contribution in [3.63, 3.8) is 0 Å². The summed E-state index contributed by atoms with van der Waals surface area (Å²) >= 11 is -1.12. The van der Waals surface area contributed by atoms with Crippen LogP contribution in [0.25, 0.3) is 0 Å². The number of hydrogen-bond acceptors (Lipinski definition) is 0. The van der Waals surface area contributed by atoms with E-state index in [2.05, 4.69) is 45.3 Å². The molecule has 0 saturated carbocycles. The fourth-order valence-corrected chi connectivity index (χ4v) is 5.16. The molecule has 67 valence electrons. The molecule has 0 bridgehead atoms. The Balaban J connectivity index is 3.14. The average molecular weight is 224 g/mol. The van der Waals surface area contributed by atoms with Crippen molar-refractivity contribution in [1.82, 2.24) is 0 Å². The molecule has 0 saturated heterocycles. The number of allylic oxidation sites excluding steroid dienone is 4. The summed E-state index contributed by atoms with van der Waals surface area (Å²) in [7, 11) is 0. The molecule has 0 fully saturated rings. The van der Waals surface area contributed by atoms with Gasteiger partial charge in [-0.25, -0.2) is 0 Å². The summed E-state index contributed by atoms with van der Waals surface area (Å²) in [6, 6.07) is 0. The maximum absolute atomic E-state index is 3.66. The predicted octanol–water partition coefficient (Wildman–Crippen LogP) is 3.33. The average Bonchev–Trinajstić information content (AvgIpc) is 2.17. The Kier molecular flexibility index (Phi) is 2.58. The Morgan fingerprint density at radius 1 is 1.17 bits per heavy atom. The van der Waals surface area contributed by atoms with Crippen LogP contribution in [0.1, 0.15) is 27.7 Å². The van der Waals surface area contributed by atoms with E-state index in [9.17, 15) is 0 Å². The van der Waals surface area contributed by atoms with Crippen LogP contribution in [0.5, 0.6) is 0 Å². The normalized spacial score (nSPS) is 30.1. The maximum atomic E-state index is 3.66. The van der Waals surface area contributed by atoms with Gasteiger partial charge in [-0.1, -0.05) is 0 Å². The first-order valence-electron chi connectivity index (χ1n) is 4.69. The molecule has 0 aromatic rings. The molecule has 1 rings (SSSR count). The van der Waals surface area contributed by atoms with Crippen molar-refractivity contribution < 1.29 is 0 Å². The fourth-order valence-electron chi connectivity index (χ4n) is 1.83. The van der Waals surface area contributed by atoms with Crippen molar-refractivity contribution in [2.75, 3.05) is 0 Å². The SMILES string of the molecule is CC1=[C][C](C)([GeH]([CH3])[CH3])C(C)=C1C. The molecule has 1 aliphatic rings. The van der Waals surface area contributed by atoms with E-state index in [0.717, 1.165) is 0 Å². The molecule has 1 aliphatic carbocycles. The van der Waals surface area contributed by atoms with Gasteiger partial charge in [0, 0.05) is 0 Å². The van der Waals surface area contributed by atoms with Crippen LogP contribution in [-0.4, -0.2) is 14.3 Å². The monoisotopic (exact) mass is 225 g/mol. The molecule has 0 spiro atoms. The first kappa shape index (κ1) is 10.1. The summed E-state index contributed by atoms with van der Waals surface area (Å²) in [5, 5.41) is 0. The molecule has 0 amide bonds. The van der Waals surface area contributed by atoms with E-state index in [1.807, 2.05) is 0 Å². The molecule has 0 aromatic carbocycles. The van der Waals surface area contributed by atoms with Gasteiger partial charge in [-0.3, -0.25) is 0 Å². The Bertz CT molecular complexity index is 258. The van der Waals surface area contributed by atoms with Crippen LogP contribution in [-0.2, 0) is 0 Å². The minimum atomic E-state index is -1.12. The zero-order valence-corrected chi connectivity index (χ0v) is 11.5. The molecule has 0 N–H and O–H groups in total. The molecule has 0 heterocycles. The third kappa shape index (κ3) is 1.30. The van der Waals surface area contributed by atoms with E-state index in [4.69, 9.17) is 0 Å². The van der Waals surface area contributed by atoms with Crippen molar-refractivity contribution in [2.45, 2.75) is 43.5 Å². The summed E-state index contributed by atoms with van der Waals surface area (Å²) < 4.78 is 0.376. The zero-order valence-electron chi connectivity index (χ0n) is 9.08. The van der Waals surface area contributed by atoms with Crippen LogP contribution < -0.4 is 0 Å². The Morgan fingerprint density at radius 3 is 1.83 bits per heavy atom. The quantitative estimate of drug-likeness (QED) is 0.599. The molecule has 0 aromatic heterocycles. The third-order valence-electron chi connectivity index (χ3n) is 3.51. The second-order valence-corrected chi connectivity index (χ2v) is 11.6. The minimum absolute atomic E-state index is 0.376. The van der Waals surface area contributed by atoms with E-state index in [0.29, 0.717) is 4.25 Å². The predicted molar refractivity (Wildman–Crippen MR) is 58.0 cm³/mol. The number of hydrogen-bond donors (Lipinski definition) is 0. The van der Waals surface area contributed by atoms with Gasteiger partial charge < -0.3 is 0 Å². The third-order valence-corrected chi connectivity index (χ3v) is 9.56. The van der Waals surface area contributed by atoms with Crippen LogP contribution in [0.2, 0.25) is 15.8 Å². The number of rotatable bonds is 1. The van der Waals surface area contributed by atoms with Crippen LogP contribution in [0.15, 0.2) is 16.7 Å². The molecule has 1 atom stereocenters. The second-order valence-electron chi connectivity index (χ2n) is 4.36. The fraction of sp³-hybridized carbons (Fsp3) is 0.636. The Hall–Kier alpha value is 0.0229. The van der Waals surface area contributed by atoms with Gasteiger partial charge in [-0.2, -0.15) is 0 Å². The molecular weight excluding hydrogens is 205 g/mol. The summed E-state index contributed by atoms with van der Waals surface area (Å²) in [5.41, 5.74) is 4.45. The molecule has 1 heteroatoms. The van der Waals surface area contributed by atoms with Crippen LogP contribution in [0.4, 0.5) is 0 Å². The Labute approximate surface area is 80.9 Å². The van der Waals surface area contributed by atoms with Gasteiger partial charge in [0.25, 0.3) is 0 Å². The van der Waals surface area contributed by atoms with Gasteiger partial charge in [0.15, 0.2) is 0 Å². The molecule has 1 unspecified atom stereocenters. The van der Waals surface area contributed by atoms with E-state index in [1.54, 1.807) is 5.57 Å². The van der Waals surface area contributed by atoms with Crippen LogP contribution in [0, 0.1) is 6.08 Å². The van der Waals surface area contributed by atoms with Crippen molar-refractivity contribution in [3.8, 4) is 0 Å². The zero-order chi connectivity index (χ0) is 9.52. The standard InChI is InChI=1S/C11H19Ge/c1-8-7-11(4,12(5)6)10(3)9(8)2/h12H,1-6H3. The summed E-state index contributed by atoms with van der Waals surface area (Å²) in [4.78, 5) is 0. The van der Waals surface area contributed by atoms with Crippen LogP contribution in [0.3, 0.4) is 0 Å².